The van der Waals surface area contributed by atoms with Gasteiger partial charge < -0.3 is 16.0 Å². The Hall–Kier alpha value is -3.41. The van der Waals surface area contributed by atoms with Crippen LogP contribution in [0.25, 0.3) is 0 Å². The van der Waals surface area contributed by atoms with Crippen LogP contribution in [0.3, 0.4) is 0 Å². The Kier molecular flexibility index (Phi) is 5.35. The van der Waals surface area contributed by atoms with E-state index in [1.165, 1.54) is 18.1 Å². The molecule has 0 bridgehead atoms. The van der Waals surface area contributed by atoms with Crippen LogP contribution in [-0.2, 0) is 4.79 Å². The zero-order valence-electron chi connectivity index (χ0n) is 15.9. The molecule has 0 aliphatic heterocycles. The van der Waals surface area contributed by atoms with Crippen molar-refractivity contribution in [3.63, 3.8) is 0 Å². The predicted molar refractivity (Wildman–Crippen MR) is 110 cm³/mol. The molecule has 0 radical (unpaired) electrons. The minimum absolute atomic E-state index is 0.0932. The predicted octanol–water partition coefficient (Wildman–Crippen LogP) is 4.85. The summed E-state index contributed by atoms with van der Waals surface area (Å²) in [6.07, 6.45) is 0. The van der Waals surface area contributed by atoms with Crippen molar-refractivity contribution >= 4 is 34.6 Å². The third kappa shape index (κ3) is 4.82. The van der Waals surface area contributed by atoms with Crippen molar-refractivity contribution in [3.8, 4) is 0 Å². The number of benzene rings is 2. The molecule has 3 aromatic rings. The van der Waals surface area contributed by atoms with Gasteiger partial charge in [0.15, 0.2) is 0 Å². The number of carbonyl (C=O) groups excluding carboxylic acids is 1. The van der Waals surface area contributed by atoms with Crippen LogP contribution in [0.1, 0.15) is 23.9 Å². The molecule has 1 aromatic heterocycles. The first-order valence-electron chi connectivity index (χ1n) is 8.74. The van der Waals surface area contributed by atoms with Gasteiger partial charge in [-0.15, -0.1) is 0 Å². The standard InChI is InChI=1S/C21H23N5O/c1-13-6-5-7-19(14(13)2)26-21-12-20(22-15(3)23-21)25-18-10-8-17(9-11-18)24-16(4)27/h5-12H,1-4H3,(H,24,27)(H2,22,23,25,26). The number of nitrogens with one attached hydrogen (secondary N) is 3. The summed E-state index contributed by atoms with van der Waals surface area (Å²) in [5, 5.41) is 9.39. The maximum atomic E-state index is 11.1. The summed E-state index contributed by atoms with van der Waals surface area (Å²) in [4.78, 5) is 20.0. The van der Waals surface area contributed by atoms with Crippen LogP contribution in [-0.4, -0.2) is 15.9 Å². The molecule has 0 aliphatic carbocycles. The zero-order chi connectivity index (χ0) is 19.4. The second-order valence-electron chi connectivity index (χ2n) is 6.44. The molecule has 0 aliphatic rings. The van der Waals surface area contributed by atoms with Gasteiger partial charge in [-0.1, -0.05) is 12.1 Å². The van der Waals surface area contributed by atoms with Crippen molar-refractivity contribution in [1.82, 2.24) is 9.97 Å². The van der Waals surface area contributed by atoms with Crippen LogP contribution < -0.4 is 16.0 Å². The monoisotopic (exact) mass is 361 g/mol. The number of rotatable bonds is 5. The van der Waals surface area contributed by atoms with Crippen molar-refractivity contribution in [2.75, 3.05) is 16.0 Å². The van der Waals surface area contributed by atoms with Gasteiger partial charge in [0.2, 0.25) is 5.91 Å². The molecule has 0 atom stereocenters. The number of hydrogen-bond donors (Lipinski definition) is 3. The Labute approximate surface area is 159 Å². The molecule has 1 amide bonds. The molecule has 3 rings (SSSR count). The van der Waals surface area contributed by atoms with Crippen molar-refractivity contribution in [2.45, 2.75) is 27.7 Å². The first-order chi connectivity index (χ1) is 12.9. The second kappa shape index (κ2) is 7.86. The van der Waals surface area contributed by atoms with E-state index in [9.17, 15) is 4.79 Å². The summed E-state index contributed by atoms with van der Waals surface area (Å²) in [6, 6.07) is 15.5. The summed E-state index contributed by atoms with van der Waals surface area (Å²) in [6.45, 7) is 7.52. The van der Waals surface area contributed by atoms with Gasteiger partial charge in [0.25, 0.3) is 0 Å². The molecule has 0 saturated heterocycles. The Morgan fingerprint density at radius 1 is 0.852 bits per heavy atom. The lowest BCUT2D eigenvalue weighted by molar-refractivity contribution is -0.114. The highest BCUT2D eigenvalue weighted by atomic mass is 16.1. The zero-order valence-corrected chi connectivity index (χ0v) is 15.9. The molecule has 2 aromatic carbocycles. The van der Waals surface area contributed by atoms with Gasteiger partial charge in [-0.25, -0.2) is 9.97 Å². The Balaban J connectivity index is 1.79. The summed E-state index contributed by atoms with van der Waals surface area (Å²) in [5.74, 6) is 2.00. The van der Waals surface area contributed by atoms with Crippen molar-refractivity contribution in [3.05, 3.63) is 65.5 Å². The number of aromatic nitrogens is 2. The molecule has 138 valence electrons. The molecular weight excluding hydrogens is 338 g/mol. The maximum absolute atomic E-state index is 11.1. The third-order valence-corrected chi connectivity index (χ3v) is 4.18. The van der Waals surface area contributed by atoms with Crippen LogP contribution in [0.4, 0.5) is 28.7 Å². The first kappa shape index (κ1) is 18.4. The molecule has 6 nitrogen and oxygen atoms in total. The highest BCUT2D eigenvalue weighted by Gasteiger charge is 2.06. The number of carbonyl (C=O) groups is 1. The summed E-state index contributed by atoms with van der Waals surface area (Å²) in [5.41, 5.74) is 5.07. The molecular formula is C21H23N5O. The molecule has 0 unspecified atom stereocenters. The van der Waals surface area contributed by atoms with E-state index >= 15 is 0 Å². The quantitative estimate of drug-likeness (QED) is 0.605. The van der Waals surface area contributed by atoms with E-state index in [4.69, 9.17) is 0 Å². The highest BCUT2D eigenvalue weighted by molar-refractivity contribution is 5.88. The fourth-order valence-corrected chi connectivity index (χ4v) is 2.71. The van der Waals surface area contributed by atoms with Crippen LogP contribution >= 0.6 is 0 Å². The van der Waals surface area contributed by atoms with E-state index in [2.05, 4.69) is 45.8 Å². The molecule has 0 fully saturated rings. The minimum atomic E-state index is -0.0932. The average Bonchev–Trinajstić information content (AvgIpc) is 2.60. The average molecular weight is 361 g/mol. The van der Waals surface area contributed by atoms with Gasteiger partial charge in [0.1, 0.15) is 17.5 Å². The van der Waals surface area contributed by atoms with E-state index in [1.807, 2.05) is 49.4 Å². The van der Waals surface area contributed by atoms with E-state index in [-0.39, 0.29) is 5.91 Å². The van der Waals surface area contributed by atoms with Gasteiger partial charge in [0, 0.05) is 30.1 Å². The summed E-state index contributed by atoms with van der Waals surface area (Å²) >= 11 is 0. The van der Waals surface area contributed by atoms with Crippen LogP contribution in [0, 0.1) is 20.8 Å². The Morgan fingerprint density at radius 3 is 2.15 bits per heavy atom. The number of amides is 1. The van der Waals surface area contributed by atoms with E-state index in [0.29, 0.717) is 11.6 Å². The topological polar surface area (TPSA) is 78.9 Å². The van der Waals surface area contributed by atoms with E-state index in [0.717, 1.165) is 22.9 Å². The Morgan fingerprint density at radius 2 is 1.48 bits per heavy atom. The number of hydrogen-bond acceptors (Lipinski definition) is 5. The Bertz CT molecular complexity index is 967. The lowest BCUT2D eigenvalue weighted by Gasteiger charge is -2.13. The summed E-state index contributed by atoms with van der Waals surface area (Å²) in [7, 11) is 0. The lowest BCUT2D eigenvalue weighted by atomic mass is 10.1. The van der Waals surface area contributed by atoms with E-state index < -0.39 is 0 Å². The van der Waals surface area contributed by atoms with Crippen LogP contribution in [0.5, 0.6) is 0 Å². The number of nitrogens with zero attached hydrogens (tertiary/aromatic N) is 2. The fraction of sp³-hybridized carbons (Fsp3) is 0.190. The lowest BCUT2D eigenvalue weighted by Crippen LogP contribution is -2.05. The smallest absolute Gasteiger partial charge is 0.221 e. The van der Waals surface area contributed by atoms with Gasteiger partial charge in [0.05, 0.1) is 0 Å². The number of aryl methyl sites for hydroxylation is 2. The number of anilines is 5. The third-order valence-electron chi connectivity index (χ3n) is 4.18. The first-order valence-corrected chi connectivity index (χ1v) is 8.74. The summed E-state index contributed by atoms with van der Waals surface area (Å²) < 4.78 is 0. The van der Waals surface area contributed by atoms with Crippen LogP contribution in [0.15, 0.2) is 48.5 Å². The maximum Gasteiger partial charge on any atom is 0.221 e. The van der Waals surface area contributed by atoms with E-state index in [1.54, 1.807) is 0 Å². The largest absolute Gasteiger partial charge is 0.340 e. The molecule has 0 spiro atoms. The highest BCUT2D eigenvalue weighted by Crippen LogP contribution is 2.24. The SMILES string of the molecule is CC(=O)Nc1ccc(Nc2cc(Nc3cccc(C)c3C)nc(C)n2)cc1. The minimum Gasteiger partial charge on any atom is -0.340 e. The van der Waals surface area contributed by atoms with Crippen molar-refractivity contribution in [2.24, 2.45) is 0 Å². The van der Waals surface area contributed by atoms with Gasteiger partial charge in [-0.2, -0.15) is 0 Å². The molecule has 3 N–H and O–H groups in total. The normalized spacial score (nSPS) is 10.4. The van der Waals surface area contributed by atoms with Gasteiger partial charge in [-0.05, 0) is 62.2 Å². The van der Waals surface area contributed by atoms with Gasteiger partial charge in [-0.3, -0.25) is 4.79 Å². The molecule has 0 saturated carbocycles. The fourth-order valence-electron chi connectivity index (χ4n) is 2.71. The second-order valence-corrected chi connectivity index (χ2v) is 6.44. The van der Waals surface area contributed by atoms with Crippen molar-refractivity contribution in [1.29, 1.82) is 0 Å². The van der Waals surface area contributed by atoms with Gasteiger partial charge >= 0.3 is 0 Å². The molecule has 1 heterocycles. The van der Waals surface area contributed by atoms with Crippen molar-refractivity contribution < 1.29 is 4.79 Å². The molecule has 27 heavy (non-hydrogen) atoms. The van der Waals surface area contributed by atoms with Crippen LogP contribution in [0.2, 0.25) is 0 Å². The molecule has 6 heteroatoms.